The maximum absolute atomic E-state index is 6.01. The quantitative estimate of drug-likeness (QED) is 0.679. The number of benzene rings is 1. The molecular formula is C18H21ClN4. The fourth-order valence-electron chi connectivity index (χ4n) is 2.72. The summed E-state index contributed by atoms with van der Waals surface area (Å²) in [5.41, 5.74) is 4.96. The monoisotopic (exact) mass is 328 g/mol. The van der Waals surface area contributed by atoms with Gasteiger partial charge in [-0.05, 0) is 38.0 Å². The molecule has 2 aromatic heterocycles. The smallest absolute Gasteiger partial charge is 0.165 e. The summed E-state index contributed by atoms with van der Waals surface area (Å²) in [6.07, 6.45) is 2.29. The molecule has 2 heterocycles. The number of aromatic nitrogens is 3. The zero-order valence-corrected chi connectivity index (χ0v) is 14.5. The van der Waals surface area contributed by atoms with Gasteiger partial charge in [0.15, 0.2) is 5.65 Å². The molecule has 0 atom stereocenters. The van der Waals surface area contributed by atoms with Crippen molar-refractivity contribution in [3.8, 4) is 11.1 Å². The van der Waals surface area contributed by atoms with Crippen LogP contribution in [0.2, 0.25) is 5.02 Å². The first-order chi connectivity index (χ1) is 11.1. The maximum atomic E-state index is 6.01. The third-order valence-electron chi connectivity index (χ3n) is 3.86. The summed E-state index contributed by atoms with van der Waals surface area (Å²) in [6.45, 7) is 7.15. The van der Waals surface area contributed by atoms with Crippen LogP contribution in [0.25, 0.3) is 16.8 Å². The van der Waals surface area contributed by atoms with Gasteiger partial charge in [-0.2, -0.15) is 9.61 Å². The molecule has 120 valence electrons. The lowest BCUT2D eigenvalue weighted by Gasteiger charge is -2.09. The van der Waals surface area contributed by atoms with Crippen molar-refractivity contribution in [1.29, 1.82) is 0 Å². The summed E-state index contributed by atoms with van der Waals surface area (Å²) in [6, 6.07) is 9.87. The molecule has 0 aliphatic rings. The van der Waals surface area contributed by atoms with Crippen molar-refractivity contribution < 1.29 is 0 Å². The SMILES string of the molecule is CCCCNc1cc(C)nc2c(-c3ccc(Cl)cc3)c(C)nn12. The number of nitrogens with zero attached hydrogens (tertiary/aromatic N) is 3. The van der Waals surface area contributed by atoms with Crippen LogP contribution in [0, 0.1) is 13.8 Å². The number of fused-ring (bicyclic) bond motifs is 1. The molecular weight excluding hydrogens is 308 g/mol. The standard InChI is InChI=1S/C18H21ClN4/c1-4-5-10-20-16-11-12(2)21-18-17(13(3)22-23(16)18)14-6-8-15(19)9-7-14/h6-9,11,20H,4-5,10H2,1-3H3. The second-order valence-electron chi connectivity index (χ2n) is 5.77. The molecule has 0 radical (unpaired) electrons. The number of hydrogen-bond donors (Lipinski definition) is 1. The Labute approximate surface area is 141 Å². The number of unbranched alkanes of at least 4 members (excludes halogenated alkanes) is 1. The predicted molar refractivity (Wildman–Crippen MR) is 96.3 cm³/mol. The Bertz CT molecular complexity index is 821. The minimum absolute atomic E-state index is 0.730. The third kappa shape index (κ3) is 3.17. The van der Waals surface area contributed by atoms with E-state index >= 15 is 0 Å². The number of anilines is 1. The van der Waals surface area contributed by atoms with Gasteiger partial charge in [0, 0.05) is 28.9 Å². The molecule has 0 saturated carbocycles. The van der Waals surface area contributed by atoms with Crippen LogP contribution in [0.4, 0.5) is 5.82 Å². The molecule has 0 fully saturated rings. The summed E-state index contributed by atoms with van der Waals surface area (Å²) in [5.74, 6) is 0.990. The number of rotatable bonds is 5. The molecule has 0 bridgehead atoms. The summed E-state index contributed by atoms with van der Waals surface area (Å²) in [4.78, 5) is 4.71. The van der Waals surface area contributed by atoms with Gasteiger partial charge in [-0.1, -0.05) is 37.1 Å². The van der Waals surface area contributed by atoms with Crippen molar-refractivity contribution in [2.24, 2.45) is 0 Å². The number of nitrogens with one attached hydrogen (secondary N) is 1. The van der Waals surface area contributed by atoms with Gasteiger partial charge in [0.1, 0.15) is 5.82 Å². The summed E-state index contributed by atoms with van der Waals surface area (Å²) < 4.78 is 1.90. The molecule has 0 aliphatic carbocycles. The molecule has 0 unspecified atom stereocenters. The predicted octanol–water partition coefficient (Wildman–Crippen LogP) is 4.88. The van der Waals surface area contributed by atoms with E-state index in [9.17, 15) is 0 Å². The van der Waals surface area contributed by atoms with Gasteiger partial charge in [-0.15, -0.1) is 0 Å². The van der Waals surface area contributed by atoms with Crippen molar-refractivity contribution in [3.63, 3.8) is 0 Å². The zero-order valence-electron chi connectivity index (χ0n) is 13.7. The molecule has 3 rings (SSSR count). The Morgan fingerprint density at radius 2 is 1.91 bits per heavy atom. The minimum atomic E-state index is 0.730. The highest BCUT2D eigenvalue weighted by Crippen LogP contribution is 2.30. The van der Waals surface area contributed by atoms with E-state index in [0.29, 0.717) is 0 Å². The van der Waals surface area contributed by atoms with Gasteiger partial charge in [0.25, 0.3) is 0 Å². The van der Waals surface area contributed by atoms with E-state index in [2.05, 4.69) is 12.2 Å². The lowest BCUT2D eigenvalue weighted by Crippen LogP contribution is -2.08. The van der Waals surface area contributed by atoms with Crippen LogP contribution in [0.5, 0.6) is 0 Å². The first-order valence-electron chi connectivity index (χ1n) is 7.97. The Hall–Kier alpha value is -2.07. The van der Waals surface area contributed by atoms with Crippen LogP contribution in [0.15, 0.2) is 30.3 Å². The minimum Gasteiger partial charge on any atom is -0.370 e. The molecule has 4 nitrogen and oxygen atoms in total. The summed E-state index contributed by atoms with van der Waals surface area (Å²) in [5, 5.41) is 8.89. The second-order valence-corrected chi connectivity index (χ2v) is 6.20. The third-order valence-corrected chi connectivity index (χ3v) is 4.11. The zero-order chi connectivity index (χ0) is 16.4. The first kappa shape index (κ1) is 15.8. The molecule has 0 spiro atoms. The van der Waals surface area contributed by atoms with E-state index in [1.807, 2.05) is 48.7 Å². The van der Waals surface area contributed by atoms with Crippen LogP contribution >= 0.6 is 11.6 Å². The average molecular weight is 329 g/mol. The number of hydrogen-bond acceptors (Lipinski definition) is 3. The van der Waals surface area contributed by atoms with E-state index in [1.54, 1.807) is 0 Å². The summed E-state index contributed by atoms with van der Waals surface area (Å²) in [7, 11) is 0. The molecule has 23 heavy (non-hydrogen) atoms. The lowest BCUT2D eigenvalue weighted by atomic mass is 10.1. The van der Waals surface area contributed by atoms with Gasteiger partial charge < -0.3 is 5.32 Å². The average Bonchev–Trinajstić information content (AvgIpc) is 2.85. The van der Waals surface area contributed by atoms with E-state index in [1.165, 1.54) is 0 Å². The Morgan fingerprint density at radius 1 is 1.17 bits per heavy atom. The Kier molecular flexibility index (Phi) is 4.53. The van der Waals surface area contributed by atoms with Crippen LogP contribution in [-0.2, 0) is 0 Å². The van der Waals surface area contributed by atoms with E-state index in [4.69, 9.17) is 21.7 Å². The first-order valence-corrected chi connectivity index (χ1v) is 8.34. The molecule has 0 saturated heterocycles. The van der Waals surface area contributed by atoms with Crippen LogP contribution in [-0.4, -0.2) is 21.1 Å². The molecule has 3 aromatic rings. The summed E-state index contributed by atoms with van der Waals surface area (Å²) >= 11 is 6.01. The van der Waals surface area contributed by atoms with E-state index in [-0.39, 0.29) is 0 Å². The van der Waals surface area contributed by atoms with Crippen molar-refractivity contribution >= 4 is 23.1 Å². The van der Waals surface area contributed by atoms with E-state index in [0.717, 1.165) is 58.4 Å². The molecule has 1 N–H and O–H groups in total. The fraction of sp³-hybridized carbons (Fsp3) is 0.333. The van der Waals surface area contributed by atoms with Crippen LogP contribution in [0.1, 0.15) is 31.2 Å². The largest absolute Gasteiger partial charge is 0.370 e. The van der Waals surface area contributed by atoms with Gasteiger partial charge in [0.2, 0.25) is 0 Å². The topological polar surface area (TPSA) is 42.2 Å². The molecule has 0 amide bonds. The van der Waals surface area contributed by atoms with Crippen molar-refractivity contribution in [2.45, 2.75) is 33.6 Å². The second kappa shape index (κ2) is 6.59. The van der Waals surface area contributed by atoms with Gasteiger partial charge in [-0.25, -0.2) is 4.98 Å². The van der Waals surface area contributed by atoms with E-state index < -0.39 is 0 Å². The Balaban J connectivity index is 2.12. The maximum Gasteiger partial charge on any atom is 0.165 e. The van der Waals surface area contributed by atoms with Gasteiger partial charge in [0.05, 0.1) is 5.69 Å². The Morgan fingerprint density at radius 3 is 2.61 bits per heavy atom. The highest BCUT2D eigenvalue weighted by molar-refractivity contribution is 6.30. The number of halogens is 1. The molecule has 1 aromatic carbocycles. The van der Waals surface area contributed by atoms with Crippen molar-refractivity contribution in [1.82, 2.24) is 14.6 Å². The molecule has 5 heteroatoms. The van der Waals surface area contributed by atoms with Crippen molar-refractivity contribution in [3.05, 3.63) is 46.7 Å². The van der Waals surface area contributed by atoms with Crippen LogP contribution in [0.3, 0.4) is 0 Å². The number of aryl methyl sites for hydroxylation is 2. The van der Waals surface area contributed by atoms with Gasteiger partial charge >= 0.3 is 0 Å². The highest BCUT2D eigenvalue weighted by Gasteiger charge is 2.15. The fourth-order valence-corrected chi connectivity index (χ4v) is 2.84. The highest BCUT2D eigenvalue weighted by atomic mass is 35.5. The van der Waals surface area contributed by atoms with Crippen LogP contribution < -0.4 is 5.32 Å². The van der Waals surface area contributed by atoms with Gasteiger partial charge in [-0.3, -0.25) is 0 Å². The normalized spacial score (nSPS) is 11.1. The van der Waals surface area contributed by atoms with Crippen molar-refractivity contribution in [2.75, 3.05) is 11.9 Å². The lowest BCUT2D eigenvalue weighted by molar-refractivity contribution is 0.817. The molecule has 0 aliphatic heterocycles.